The zero-order valence-corrected chi connectivity index (χ0v) is 26.3. The Hall–Kier alpha value is -4.32. The predicted octanol–water partition coefficient (Wildman–Crippen LogP) is 4.26. The van der Waals surface area contributed by atoms with E-state index in [1.54, 1.807) is 38.1 Å². The van der Waals surface area contributed by atoms with Crippen molar-refractivity contribution in [3.05, 3.63) is 81.8 Å². The van der Waals surface area contributed by atoms with E-state index in [0.29, 0.717) is 0 Å². The Morgan fingerprint density at radius 1 is 0.911 bits per heavy atom. The number of imide groups is 1. The van der Waals surface area contributed by atoms with Gasteiger partial charge in [0.25, 0.3) is 5.91 Å². The molecular weight excluding hydrogens is 625 g/mol. The lowest BCUT2D eigenvalue weighted by Crippen LogP contribution is -2.58. The number of ether oxygens (including phenoxy) is 1. The van der Waals surface area contributed by atoms with Crippen LogP contribution >= 0.6 is 23.2 Å². The van der Waals surface area contributed by atoms with Crippen molar-refractivity contribution in [1.82, 2.24) is 10.2 Å². The first-order valence-electron chi connectivity index (χ1n) is 14.0. The van der Waals surface area contributed by atoms with E-state index in [4.69, 9.17) is 33.7 Å². The van der Waals surface area contributed by atoms with Gasteiger partial charge in [0.05, 0.1) is 27.7 Å². The molecule has 0 aromatic heterocycles. The summed E-state index contributed by atoms with van der Waals surface area (Å²) in [4.78, 5) is 78.4. The van der Waals surface area contributed by atoms with Gasteiger partial charge in [0.2, 0.25) is 11.8 Å². The molecule has 0 saturated carbocycles. The Balaban J connectivity index is 1.86. The highest BCUT2D eigenvalue weighted by Gasteiger charge is 2.37. The summed E-state index contributed by atoms with van der Waals surface area (Å²) >= 11 is 12.0. The highest BCUT2D eigenvalue weighted by molar-refractivity contribution is 6.39. The van der Waals surface area contributed by atoms with Gasteiger partial charge in [-0.1, -0.05) is 73.4 Å². The van der Waals surface area contributed by atoms with Gasteiger partial charge in [0.15, 0.2) is 12.4 Å². The smallest absolute Gasteiger partial charge is 0.341 e. The number of benzene rings is 3. The molecule has 0 saturated heterocycles. The number of hydrogen-bond donors (Lipinski definition) is 3. The second-order valence-electron chi connectivity index (χ2n) is 10.7. The van der Waals surface area contributed by atoms with E-state index in [-0.39, 0.29) is 33.5 Å². The number of carbonyl (C=O) groups is 6. The summed E-state index contributed by atoms with van der Waals surface area (Å²) in [6.07, 6.45) is -0.888. The van der Waals surface area contributed by atoms with Gasteiger partial charge < -0.3 is 20.9 Å². The molecule has 0 aliphatic rings. The van der Waals surface area contributed by atoms with Crippen molar-refractivity contribution < 1.29 is 38.6 Å². The minimum Gasteiger partial charge on any atom is -0.481 e. The van der Waals surface area contributed by atoms with E-state index in [9.17, 15) is 33.9 Å². The molecule has 238 valence electrons. The third kappa shape index (κ3) is 8.87. The van der Waals surface area contributed by atoms with Crippen molar-refractivity contribution in [2.75, 3.05) is 6.61 Å². The maximum absolute atomic E-state index is 13.8. The van der Waals surface area contributed by atoms with Crippen molar-refractivity contribution in [1.29, 1.82) is 0 Å². The first-order chi connectivity index (χ1) is 21.2. The number of rotatable bonds is 13. The third-order valence-corrected chi connectivity index (χ3v) is 7.72. The van der Waals surface area contributed by atoms with E-state index < -0.39 is 66.6 Å². The molecule has 0 spiro atoms. The van der Waals surface area contributed by atoms with Gasteiger partial charge in [-0.15, -0.1) is 0 Å². The van der Waals surface area contributed by atoms with Crippen LogP contribution in [0.2, 0.25) is 10.0 Å². The summed E-state index contributed by atoms with van der Waals surface area (Å²) in [6.45, 7) is 3.81. The van der Waals surface area contributed by atoms with Gasteiger partial charge in [-0.2, -0.15) is 0 Å². The van der Waals surface area contributed by atoms with Crippen molar-refractivity contribution in [3.63, 3.8) is 0 Å². The van der Waals surface area contributed by atoms with Crippen LogP contribution in [-0.2, 0) is 23.9 Å². The molecule has 3 aromatic carbocycles. The predicted molar refractivity (Wildman–Crippen MR) is 168 cm³/mol. The summed E-state index contributed by atoms with van der Waals surface area (Å²) in [6, 6.07) is 12.4. The number of carboxylic acid groups (broad SMARTS) is 1. The number of fused-ring (bicyclic) bond motifs is 1. The Morgan fingerprint density at radius 2 is 1.53 bits per heavy atom. The quantitative estimate of drug-likeness (QED) is 0.227. The first-order valence-corrected chi connectivity index (χ1v) is 14.8. The van der Waals surface area contributed by atoms with Crippen LogP contribution < -0.4 is 11.1 Å². The molecule has 1 unspecified atom stereocenters. The lowest BCUT2D eigenvalue weighted by atomic mass is 10.0. The van der Waals surface area contributed by atoms with Crippen LogP contribution in [0.1, 0.15) is 54.3 Å². The van der Waals surface area contributed by atoms with Gasteiger partial charge in [0.1, 0.15) is 6.04 Å². The van der Waals surface area contributed by atoms with E-state index in [2.05, 4.69) is 5.32 Å². The number of hydrogen-bond acceptors (Lipinski definition) is 8. The molecule has 3 rings (SSSR count). The Bertz CT molecular complexity index is 1610. The molecular formula is C32H33Cl2N3O8. The Labute approximate surface area is 269 Å². The van der Waals surface area contributed by atoms with Crippen molar-refractivity contribution in [2.45, 2.75) is 51.7 Å². The molecule has 3 aromatic rings. The van der Waals surface area contributed by atoms with Crippen LogP contribution in [0.4, 0.5) is 0 Å². The topological polar surface area (TPSA) is 173 Å². The Morgan fingerprint density at radius 3 is 2.13 bits per heavy atom. The maximum atomic E-state index is 13.8. The molecule has 4 N–H and O–H groups in total. The molecule has 11 nitrogen and oxygen atoms in total. The van der Waals surface area contributed by atoms with Crippen LogP contribution in [0, 0.1) is 5.92 Å². The molecule has 0 radical (unpaired) electrons. The average Bonchev–Trinajstić information content (AvgIpc) is 3.00. The second-order valence-corrected chi connectivity index (χ2v) is 11.5. The third-order valence-electron chi connectivity index (χ3n) is 7.09. The molecule has 0 heterocycles. The normalized spacial score (nSPS) is 13.0. The summed E-state index contributed by atoms with van der Waals surface area (Å²) < 4.78 is 5.06. The molecule has 0 aliphatic carbocycles. The van der Waals surface area contributed by atoms with E-state index in [1.165, 1.54) is 31.2 Å². The molecule has 3 amide bonds. The van der Waals surface area contributed by atoms with Crippen molar-refractivity contribution in [2.24, 2.45) is 11.7 Å². The number of carbonyl (C=O) groups excluding carboxylic acids is 5. The van der Waals surface area contributed by atoms with E-state index in [0.717, 1.165) is 15.7 Å². The lowest BCUT2D eigenvalue weighted by Gasteiger charge is -2.31. The molecule has 3 atom stereocenters. The standard InChI is InChI=1S/C32H33Cl2N3O8/c1-17(2)28(35)31(43)37(30(42)21-12-11-19-7-4-5-8-20(19)15-21)18(3)29(41)36-24(13-14-26(39)40)25(38)16-45-32(44)27-22(33)9-6-10-23(27)34/h4-12,15,17-18,24,28H,13-14,16,35H2,1-3H3,(H,36,41)(H,39,40)/t18-,24?,28-/m0/s1. The monoisotopic (exact) mass is 657 g/mol. The van der Waals surface area contributed by atoms with Crippen molar-refractivity contribution >= 4 is 69.4 Å². The number of carboxylic acids is 1. The van der Waals surface area contributed by atoms with E-state index in [1.807, 2.05) is 12.1 Å². The van der Waals surface area contributed by atoms with Crippen LogP contribution in [0.3, 0.4) is 0 Å². The highest BCUT2D eigenvalue weighted by Crippen LogP contribution is 2.25. The molecule has 0 aliphatic heterocycles. The first kappa shape index (κ1) is 35.2. The van der Waals surface area contributed by atoms with Crippen molar-refractivity contribution in [3.8, 4) is 0 Å². The largest absolute Gasteiger partial charge is 0.481 e. The lowest BCUT2D eigenvalue weighted by molar-refractivity contribution is -0.140. The molecule has 0 bridgehead atoms. The summed E-state index contributed by atoms with van der Waals surface area (Å²) in [5, 5.41) is 13.2. The van der Waals surface area contributed by atoms with Gasteiger partial charge in [-0.05, 0) is 54.3 Å². The van der Waals surface area contributed by atoms with Gasteiger partial charge in [-0.3, -0.25) is 28.9 Å². The fraction of sp³-hybridized carbons (Fsp3) is 0.312. The average molecular weight is 659 g/mol. The van der Waals surface area contributed by atoms with Gasteiger partial charge >= 0.3 is 11.9 Å². The summed E-state index contributed by atoms with van der Waals surface area (Å²) in [7, 11) is 0. The number of amides is 3. The number of Topliss-reactive ketones (excluding diaryl/α,β-unsaturated/α-hetero) is 1. The second kappa shape index (κ2) is 15.6. The molecule has 13 heteroatoms. The fourth-order valence-corrected chi connectivity index (χ4v) is 4.92. The number of halogens is 2. The molecule has 0 fully saturated rings. The van der Waals surface area contributed by atoms with Crippen LogP contribution in [0.15, 0.2) is 60.7 Å². The van der Waals surface area contributed by atoms with E-state index >= 15 is 0 Å². The summed E-state index contributed by atoms with van der Waals surface area (Å²) in [5.41, 5.74) is 6.07. The van der Waals surface area contributed by atoms with Crippen LogP contribution in [0.25, 0.3) is 10.8 Å². The van der Waals surface area contributed by atoms with Gasteiger partial charge in [0, 0.05) is 12.0 Å². The zero-order valence-electron chi connectivity index (χ0n) is 24.8. The number of esters is 1. The van der Waals surface area contributed by atoms with Crippen LogP contribution in [-0.4, -0.2) is 70.2 Å². The minimum absolute atomic E-state index is 0.00931. The highest BCUT2D eigenvalue weighted by atomic mass is 35.5. The fourth-order valence-electron chi connectivity index (χ4n) is 4.37. The molecule has 45 heavy (non-hydrogen) atoms. The SMILES string of the molecule is CC(C)[C@H](N)C(=O)N(C(=O)c1ccc2ccccc2c1)[C@@H](C)C(=O)NC(CCC(=O)O)C(=O)COC(=O)c1c(Cl)cccc1Cl. The number of aliphatic carboxylic acids is 1. The maximum Gasteiger partial charge on any atom is 0.341 e. The summed E-state index contributed by atoms with van der Waals surface area (Å²) in [5.74, 6) is -6.01. The minimum atomic E-state index is -1.47. The van der Waals surface area contributed by atoms with Gasteiger partial charge in [-0.25, -0.2) is 4.79 Å². The number of nitrogens with two attached hydrogens (primary N) is 1. The number of nitrogens with zero attached hydrogens (tertiary/aromatic N) is 1. The Kier molecular flexibility index (Phi) is 12.2. The number of ketones is 1. The number of nitrogens with one attached hydrogen (secondary N) is 1. The zero-order chi connectivity index (χ0) is 33.4. The van der Waals surface area contributed by atoms with Crippen LogP contribution in [0.5, 0.6) is 0 Å².